The van der Waals surface area contributed by atoms with E-state index in [1.165, 1.54) is 0 Å². The summed E-state index contributed by atoms with van der Waals surface area (Å²) in [5.41, 5.74) is -1.17. The summed E-state index contributed by atoms with van der Waals surface area (Å²) in [4.78, 5) is 16.0. The van der Waals surface area contributed by atoms with Gasteiger partial charge in [0.2, 0.25) is 5.82 Å². The third kappa shape index (κ3) is 3.69. The number of methoxy groups -OCH3 is 1. The van der Waals surface area contributed by atoms with E-state index in [4.69, 9.17) is 4.74 Å². The van der Waals surface area contributed by atoms with Gasteiger partial charge in [0.25, 0.3) is 0 Å². The van der Waals surface area contributed by atoms with Crippen LogP contribution in [-0.2, 0) is 9.53 Å². The molecule has 1 aliphatic rings. The molecule has 2 rings (SSSR count). The number of rotatable bonds is 6. The lowest BCUT2D eigenvalue weighted by molar-refractivity contribution is -0.137. The molecule has 1 saturated carbocycles. The van der Waals surface area contributed by atoms with E-state index in [0.717, 1.165) is 26.2 Å². The van der Waals surface area contributed by atoms with Crippen molar-refractivity contribution in [2.24, 2.45) is 4.99 Å². The third-order valence-electron chi connectivity index (χ3n) is 3.29. The minimum Gasteiger partial charge on any atom is -0.506 e. The number of aliphatic imine (C=N–C) groups is 1. The van der Waals surface area contributed by atoms with Crippen molar-refractivity contribution in [1.82, 2.24) is 0 Å². The number of hydrogen-bond acceptors (Lipinski definition) is 5. The Morgan fingerprint density at radius 1 is 1.38 bits per heavy atom. The first kappa shape index (κ1) is 17.8. The van der Waals surface area contributed by atoms with Crippen LogP contribution >= 0.6 is 0 Å². The lowest BCUT2D eigenvalue weighted by atomic mass is 10.1. The van der Waals surface area contributed by atoms with Crippen molar-refractivity contribution in [2.45, 2.75) is 25.8 Å². The van der Waals surface area contributed by atoms with Crippen molar-refractivity contribution in [3.05, 3.63) is 34.7 Å². The predicted molar refractivity (Wildman–Crippen MR) is 80.6 cm³/mol. The fourth-order valence-corrected chi connectivity index (χ4v) is 1.90. The van der Waals surface area contributed by atoms with Crippen LogP contribution in [0.2, 0.25) is 0 Å². The van der Waals surface area contributed by atoms with Gasteiger partial charge in [-0.15, -0.1) is 0 Å². The average Bonchev–Trinajstić information content (AvgIpc) is 3.36. The van der Waals surface area contributed by atoms with E-state index in [1.807, 2.05) is 0 Å². The number of carbonyl (C=O) groups excluding carboxylic acids is 1. The van der Waals surface area contributed by atoms with E-state index in [-0.39, 0.29) is 12.6 Å². The Hall–Kier alpha value is -2.51. The van der Waals surface area contributed by atoms with Crippen LogP contribution in [0.5, 0.6) is 5.75 Å². The van der Waals surface area contributed by atoms with Gasteiger partial charge in [-0.25, -0.2) is 13.6 Å². The molecular weight excluding hydrogens is 327 g/mol. The summed E-state index contributed by atoms with van der Waals surface area (Å²) in [7, 11) is 0.951. The minimum atomic E-state index is -1.53. The SMILES string of the molecule is CCOC(=O)/C(C=NC1CC1)=C(\O)c1cc(F)c(F)c(OC)c1F. The van der Waals surface area contributed by atoms with Gasteiger partial charge in [0.1, 0.15) is 11.3 Å². The van der Waals surface area contributed by atoms with E-state index in [0.29, 0.717) is 6.07 Å². The summed E-state index contributed by atoms with van der Waals surface area (Å²) < 4.78 is 50.6. The number of nitrogens with zero attached hydrogens (tertiary/aromatic N) is 1. The number of carbonyl (C=O) groups is 1. The molecule has 0 spiro atoms. The smallest absolute Gasteiger partial charge is 0.343 e. The van der Waals surface area contributed by atoms with Gasteiger partial charge in [0, 0.05) is 6.21 Å². The number of hydrogen-bond donors (Lipinski definition) is 1. The molecule has 8 heteroatoms. The molecule has 24 heavy (non-hydrogen) atoms. The van der Waals surface area contributed by atoms with Crippen molar-refractivity contribution in [3.63, 3.8) is 0 Å². The normalized spacial score (nSPS) is 15.4. The molecule has 0 aliphatic heterocycles. The van der Waals surface area contributed by atoms with Crippen LogP contribution in [0, 0.1) is 17.5 Å². The fraction of sp³-hybridized carbons (Fsp3) is 0.375. The number of esters is 1. The number of ether oxygens (including phenoxy) is 2. The maximum absolute atomic E-state index is 14.3. The van der Waals surface area contributed by atoms with E-state index in [1.54, 1.807) is 6.92 Å². The Bertz CT molecular complexity index is 712. The molecule has 0 atom stereocenters. The molecule has 1 aromatic carbocycles. The first-order valence-electron chi connectivity index (χ1n) is 7.26. The van der Waals surface area contributed by atoms with E-state index in [2.05, 4.69) is 9.73 Å². The van der Waals surface area contributed by atoms with Gasteiger partial charge in [-0.2, -0.15) is 4.39 Å². The molecule has 1 N–H and O–H groups in total. The van der Waals surface area contributed by atoms with Crippen molar-refractivity contribution < 1.29 is 32.5 Å². The molecule has 0 radical (unpaired) electrons. The molecule has 0 unspecified atom stereocenters. The lowest BCUT2D eigenvalue weighted by Gasteiger charge is -2.11. The molecule has 0 bridgehead atoms. The van der Waals surface area contributed by atoms with Crippen LogP contribution in [0.1, 0.15) is 25.3 Å². The van der Waals surface area contributed by atoms with Crippen LogP contribution in [0.25, 0.3) is 5.76 Å². The third-order valence-corrected chi connectivity index (χ3v) is 3.29. The second kappa shape index (κ2) is 7.37. The summed E-state index contributed by atoms with van der Waals surface area (Å²) in [6.07, 6.45) is 2.72. The standard InChI is InChI=1S/C16H16F3NO4/c1-3-24-16(22)10(7-20-8-4-5-8)14(21)9-6-11(17)13(19)15(23-2)12(9)18/h6-8,21H,3-5H2,1-2H3/b14-10-,20-7?. The summed E-state index contributed by atoms with van der Waals surface area (Å²) in [6.45, 7) is 1.56. The minimum absolute atomic E-state index is 0.0104. The largest absolute Gasteiger partial charge is 0.506 e. The van der Waals surface area contributed by atoms with Crippen molar-refractivity contribution in [3.8, 4) is 5.75 Å². The van der Waals surface area contributed by atoms with Crippen LogP contribution in [0.4, 0.5) is 13.2 Å². The fourth-order valence-electron chi connectivity index (χ4n) is 1.90. The second-order valence-electron chi connectivity index (χ2n) is 5.06. The molecule has 0 saturated heterocycles. The Labute approximate surface area is 136 Å². The molecule has 130 valence electrons. The van der Waals surface area contributed by atoms with Crippen molar-refractivity contribution in [2.75, 3.05) is 13.7 Å². The molecule has 1 fully saturated rings. The van der Waals surface area contributed by atoms with Gasteiger partial charge in [0.05, 0.1) is 25.3 Å². The quantitative estimate of drug-likeness (QED) is 0.283. The van der Waals surface area contributed by atoms with Crippen LogP contribution in [0.15, 0.2) is 16.6 Å². The topological polar surface area (TPSA) is 68.1 Å². The van der Waals surface area contributed by atoms with E-state index in [9.17, 15) is 23.1 Å². The number of halogens is 3. The zero-order valence-electron chi connectivity index (χ0n) is 13.1. The van der Waals surface area contributed by atoms with E-state index < -0.39 is 46.1 Å². The van der Waals surface area contributed by atoms with Gasteiger partial charge in [0.15, 0.2) is 17.4 Å². The zero-order valence-corrected chi connectivity index (χ0v) is 13.1. The number of aliphatic hydroxyl groups is 1. The van der Waals surface area contributed by atoms with Gasteiger partial charge >= 0.3 is 5.97 Å². The van der Waals surface area contributed by atoms with Gasteiger partial charge < -0.3 is 14.6 Å². The molecule has 0 heterocycles. The average molecular weight is 343 g/mol. The lowest BCUT2D eigenvalue weighted by Crippen LogP contribution is -2.13. The highest BCUT2D eigenvalue weighted by Crippen LogP contribution is 2.31. The summed E-state index contributed by atoms with van der Waals surface area (Å²) in [6, 6.07) is 0.457. The maximum Gasteiger partial charge on any atom is 0.343 e. The summed E-state index contributed by atoms with van der Waals surface area (Å²) >= 11 is 0. The van der Waals surface area contributed by atoms with Gasteiger partial charge in [-0.3, -0.25) is 4.99 Å². The molecular formula is C16H16F3NO4. The Morgan fingerprint density at radius 3 is 2.58 bits per heavy atom. The molecule has 0 aromatic heterocycles. The maximum atomic E-state index is 14.3. The monoisotopic (exact) mass is 343 g/mol. The molecule has 0 amide bonds. The van der Waals surface area contributed by atoms with Crippen LogP contribution in [0.3, 0.4) is 0 Å². The highest BCUT2D eigenvalue weighted by atomic mass is 19.2. The number of benzene rings is 1. The first-order chi connectivity index (χ1) is 11.4. The Balaban J connectivity index is 2.57. The van der Waals surface area contributed by atoms with Gasteiger partial charge in [-0.1, -0.05) is 0 Å². The number of aliphatic hydroxyl groups excluding tert-OH is 1. The van der Waals surface area contributed by atoms with E-state index >= 15 is 0 Å². The van der Waals surface area contributed by atoms with Crippen molar-refractivity contribution >= 4 is 17.9 Å². The second-order valence-corrected chi connectivity index (χ2v) is 5.06. The van der Waals surface area contributed by atoms with Gasteiger partial charge in [-0.05, 0) is 25.8 Å². The molecule has 1 aromatic rings. The zero-order chi connectivity index (χ0) is 17.9. The Kier molecular flexibility index (Phi) is 5.48. The molecule has 1 aliphatic carbocycles. The highest BCUT2D eigenvalue weighted by molar-refractivity contribution is 6.15. The highest BCUT2D eigenvalue weighted by Gasteiger charge is 2.26. The molecule has 5 nitrogen and oxygen atoms in total. The predicted octanol–water partition coefficient (Wildman–Crippen LogP) is 3.18. The first-order valence-corrected chi connectivity index (χ1v) is 7.26. The Morgan fingerprint density at radius 2 is 2.04 bits per heavy atom. The van der Waals surface area contributed by atoms with Crippen LogP contribution in [-0.4, -0.2) is 37.0 Å². The van der Waals surface area contributed by atoms with Crippen LogP contribution < -0.4 is 4.74 Å². The summed E-state index contributed by atoms with van der Waals surface area (Å²) in [5, 5.41) is 10.2. The van der Waals surface area contributed by atoms with Crippen molar-refractivity contribution in [1.29, 1.82) is 0 Å². The summed E-state index contributed by atoms with van der Waals surface area (Å²) in [5.74, 6) is -7.17.